The van der Waals surface area contributed by atoms with Gasteiger partial charge >= 0.3 is 0 Å². The highest BCUT2D eigenvalue weighted by Gasteiger charge is 2.35. The van der Waals surface area contributed by atoms with Gasteiger partial charge in [0, 0.05) is 25.2 Å². The number of hydrogen-bond acceptors (Lipinski definition) is 8. The van der Waals surface area contributed by atoms with E-state index in [1.807, 2.05) is 0 Å². The summed E-state index contributed by atoms with van der Waals surface area (Å²) in [5, 5.41) is 16.4. The fourth-order valence-electron chi connectivity index (χ4n) is 3.33. The van der Waals surface area contributed by atoms with Crippen molar-refractivity contribution in [3.63, 3.8) is 0 Å². The number of amides is 2. The van der Waals surface area contributed by atoms with Crippen LogP contribution in [0.25, 0.3) is 0 Å². The summed E-state index contributed by atoms with van der Waals surface area (Å²) < 4.78 is 14.3. The van der Waals surface area contributed by atoms with Gasteiger partial charge in [0.1, 0.15) is 21.6 Å². The number of primary amides is 1. The van der Waals surface area contributed by atoms with E-state index >= 15 is 0 Å². The van der Waals surface area contributed by atoms with Crippen LogP contribution in [0.3, 0.4) is 0 Å². The van der Waals surface area contributed by atoms with Crippen molar-refractivity contribution < 1.29 is 18.9 Å². The first-order valence-electron chi connectivity index (χ1n) is 10.2. The molecule has 0 aliphatic carbocycles. The van der Waals surface area contributed by atoms with Crippen molar-refractivity contribution in [2.45, 2.75) is 24.8 Å². The Morgan fingerprint density at radius 1 is 1.26 bits per heavy atom. The Labute approximate surface area is 203 Å². The molecule has 1 aliphatic heterocycles. The van der Waals surface area contributed by atoms with Crippen molar-refractivity contribution in [1.29, 1.82) is 0 Å². The molecule has 2 aromatic rings. The van der Waals surface area contributed by atoms with Crippen LogP contribution >= 0.6 is 23.4 Å². The van der Waals surface area contributed by atoms with E-state index in [2.05, 4.69) is 15.6 Å². The van der Waals surface area contributed by atoms with E-state index in [9.17, 15) is 24.1 Å². The molecule has 0 saturated heterocycles. The number of thioether (sulfide) groups is 1. The summed E-state index contributed by atoms with van der Waals surface area (Å²) in [6, 6.07) is 8.66. The first-order valence-corrected chi connectivity index (χ1v) is 11.5. The summed E-state index contributed by atoms with van der Waals surface area (Å²) in [5.74, 6) is -1.58. The minimum atomic E-state index is -0.712. The highest BCUT2D eigenvalue weighted by molar-refractivity contribution is 8.05. The van der Waals surface area contributed by atoms with E-state index in [-0.39, 0.29) is 51.4 Å². The van der Waals surface area contributed by atoms with E-state index in [1.165, 1.54) is 48.3 Å². The number of pyridine rings is 1. The number of benzene rings is 1. The van der Waals surface area contributed by atoms with Crippen molar-refractivity contribution >= 4 is 46.6 Å². The van der Waals surface area contributed by atoms with Gasteiger partial charge in [-0.05, 0) is 31.2 Å². The summed E-state index contributed by atoms with van der Waals surface area (Å²) >= 11 is 7.47. The zero-order chi connectivity index (χ0) is 24.7. The second-order valence-corrected chi connectivity index (χ2v) is 9.02. The molecule has 3 rings (SSSR count). The van der Waals surface area contributed by atoms with E-state index < -0.39 is 16.6 Å². The van der Waals surface area contributed by atoms with E-state index in [0.717, 1.165) is 0 Å². The minimum absolute atomic E-state index is 0.0249. The quantitative estimate of drug-likeness (QED) is 0.239. The Balaban J connectivity index is 1.50. The number of nitro benzene ring substituents is 1. The SMILES string of the molecule is NC(=O)C1=C(Cl)SC(CCNCCC(=O)Nc2ccccc2[N+](=O)[O-])N1Cc1ncccc1F. The van der Waals surface area contributed by atoms with Gasteiger partial charge in [0.15, 0.2) is 0 Å². The van der Waals surface area contributed by atoms with Crippen LogP contribution in [0.2, 0.25) is 0 Å². The zero-order valence-corrected chi connectivity index (χ0v) is 19.4. The van der Waals surface area contributed by atoms with E-state index in [4.69, 9.17) is 17.3 Å². The molecule has 0 spiro atoms. The van der Waals surface area contributed by atoms with Crippen molar-refractivity contribution in [1.82, 2.24) is 15.2 Å². The average molecular weight is 509 g/mol. The molecule has 1 aromatic heterocycles. The van der Waals surface area contributed by atoms with Crippen LogP contribution in [-0.4, -0.2) is 45.1 Å². The molecule has 1 aliphatic rings. The molecule has 2 heterocycles. The number of nitro groups is 1. The lowest BCUT2D eigenvalue weighted by Gasteiger charge is -2.27. The first kappa shape index (κ1) is 25.4. The number of carbonyl (C=O) groups is 2. The summed E-state index contributed by atoms with van der Waals surface area (Å²) in [7, 11) is 0. The lowest BCUT2D eigenvalue weighted by molar-refractivity contribution is -0.383. The zero-order valence-electron chi connectivity index (χ0n) is 17.9. The maximum Gasteiger partial charge on any atom is 0.292 e. The monoisotopic (exact) mass is 508 g/mol. The maximum atomic E-state index is 14.1. The molecular weight excluding hydrogens is 487 g/mol. The molecule has 13 heteroatoms. The van der Waals surface area contributed by atoms with Crippen LogP contribution in [0.15, 0.2) is 52.7 Å². The molecule has 180 valence electrons. The molecule has 1 atom stereocenters. The van der Waals surface area contributed by atoms with Gasteiger partial charge in [0.05, 0.1) is 22.5 Å². The number of rotatable bonds is 11. The Morgan fingerprint density at radius 3 is 2.74 bits per heavy atom. The van der Waals surface area contributed by atoms with Gasteiger partial charge in [-0.15, -0.1) is 0 Å². The fourth-order valence-corrected chi connectivity index (χ4v) is 4.95. The molecule has 10 nitrogen and oxygen atoms in total. The van der Waals surface area contributed by atoms with Gasteiger partial charge in [-0.25, -0.2) is 4.39 Å². The van der Waals surface area contributed by atoms with Gasteiger partial charge in [0.25, 0.3) is 11.6 Å². The van der Waals surface area contributed by atoms with Crippen molar-refractivity contribution in [2.75, 3.05) is 18.4 Å². The smallest absolute Gasteiger partial charge is 0.292 e. The van der Waals surface area contributed by atoms with E-state index in [0.29, 0.717) is 19.5 Å². The summed E-state index contributed by atoms with van der Waals surface area (Å²) in [6.45, 7) is 0.813. The lowest BCUT2D eigenvalue weighted by atomic mass is 10.2. The number of hydrogen-bond donors (Lipinski definition) is 3. The molecule has 0 saturated carbocycles. The van der Waals surface area contributed by atoms with Gasteiger partial charge in [0.2, 0.25) is 5.91 Å². The van der Waals surface area contributed by atoms with Crippen LogP contribution in [-0.2, 0) is 16.1 Å². The van der Waals surface area contributed by atoms with Crippen LogP contribution in [0.1, 0.15) is 18.5 Å². The van der Waals surface area contributed by atoms with Gasteiger partial charge in [-0.1, -0.05) is 35.5 Å². The molecule has 1 unspecified atom stereocenters. The third-order valence-corrected chi connectivity index (χ3v) is 6.53. The molecule has 34 heavy (non-hydrogen) atoms. The van der Waals surface area contributed by atoms with Crippen LogP contribution in [0, 0.1) is 15.9 Å². The standard InChI is InChI=1S/C21H22ClFN6O4S/c22-20-19(21(24)31)28(12-15-13(23)4-3-9-26-15)18(34-20)8-11-25-10-7-17(30)27-14-5-1-2-6-16(14)29(32)33/h1-6,9,18,25H,7-8,10-12H2,(H2,24,31)(H,27,30). The fraction of sp³-hybridized carbons (Fsp3) is 0.286. The van der Waals surface area contributed by atoms with Crippen molar-refractivity contribution in [3.8, 4) is 0 Å². The number of nitrogens with one attached hydrogen (secondary N) is 2. The predicted octanol–water partition coefficient (Wildman–Crippen LogP) is 2.91. The number of carbonyl (C=O) groups excluding carboxylic acids is 2. The third-order valence-electron chi connectivity index (χ3n) is 4.92. The summed E-state index contributed by atoms with van der Waals surface area (Å²) in [5.41, 5.74) is 5.72. The number of nitrogens with zero attached hydrogens (tertiary/aromatic N) is 3. The highest BCUT2D eigenvalue weighted by Crippen LogP contribution is 2.42. The molecule has 2 amide bonds. The first-order chi connectivity index (χ1) is 16.3. The Kier molecular flexibility index (Phi) is 8.79. The Hall–Kier alpha value is -3.22. The Morgan fingerprint density at radius 2 is 2.03 bits per heavy atom. The minimum Gasteiger partial charge on any atom is -0.364 e. The topological polar surface area (TPSA) is 143 Å². The van der Waals surface area contributed by atoms with Crippen LogP contribution in [0.5, 0.6) is 0 Å². The molecule has 4 N–H and O–H groups in total. The van der Waals surface area contributed by atoms with Crippen molar-refractivity contribution in [2.24, 2.45) is 5.73 Å². The highest BCUT2D eigenvalue weighted by atomic mass is 35.5. The van der Waals surface area contributed by atoms with E-state index in [1.54, 1.807) is 11.0 Å². The molecule has 0 radical (unpaired) electrons. The van der Waals surface area contributed by atoms with Crippen LogP contribution < -0.4 is 16.4 Å². The number of nitrogens with two attached hydrogens (primary N) is 1. The largest absolute Gasteiger partial charge is 0.364 e. The van der Waals surface area contributed by atoms with Crippen molar-refractivity contribution in [3.05, 3.63) is 74.3 Å². The molecule has 0 bridgehead atoms. The number of para-hydroxylation sites is 2. The second kappa shape index (κ2) is 11.8. The summed E-state index contributed by atoms with van der Waals surface area (Å²) in [6.07, 6.45) is 2.07. The number of aromatic nitrogens is 1. The average Bonchev–Trinajstić information content (AvgIpc) is 3.10. The van der Waals surface area contributed by atoms with Gasteiger partial charge in [-0.3, -0.25) is 24.7 Å². The lowest BCUT2D eigenvalue weighted by Crippen LogP contribution is -2.36. The number of anilines is 1. The number of halogens is 2. The molecular formula is C21H22ClFN6O4S. The maximum absolute atomic E-state index is 14.1. The van der Waals surface area contributed by atoms with Gasteiger partial charge < -0.3 is 21.3 Å². The normalized spacial score (nSPS) is 15.5. The summed E-state index contributed by atoms with van der Waals surface area (Å²) in [4.78, 5) is 40.2. The molecule has 0 fully saturated rings. The Bertz CT molecular complexity index is 1120. The third kappa shape index (κ3) is 6.43. The van der Waals surface area contributed by atoms with Gasteiger partial charge in [-0.2, -0.15) is 0 Å². The predicted molar refractivity (Wildman–Crippen MR) is 127 cm³/mol. The second-order valence-electron chi connectivity index (χ2n) is 7.23. The molecule has 1 aromatic carbocycles. The van der Waals surface area contributed by atoms with Crippen LogP contribution in [0.4, 0.5) is 15.8 Å².